The van der Waals surface area contributed by atoms with E-state index in [1.165, 1.54) is 35.4 Å². The molecule has 1 atom stereocenters. The van der Waals surface area contributed by atoms with Crippen molar-refractivity contribution in [2.45, 2.75) is 32.2 Å². The van der Waals surface area contributed by atoms with Crippen LogP contribution in [0.2, 0.25) is 0 Å². The molecule has 4 aromatic rings. The van der Waals surface area contributed by atoms with Crippen LogP contribution in [-0.2, 0) is 0 Å². The van der Waals surface area contributed by atoms with E-state index in [4.69, 9.17) is 4.52 Å². The van der Waals surface area contributed by atoms with Gasteiger partial charge in [0.25, 0.3) is 5.91 Å². The summed E-state index contributed by atoms with van der Waals surface area (Å²) in [4.78, 5) is 20.9. The van der Waals surface area contributed by atoms with Crippen molar-refractivity contribution in [1.29, 1.82) is 0 Å². The van der Waals surface area contributed by atoms with Gasteiger partial charge in [-0.2, -0.15) is 20.0 Å². The fraction of sp³-hybridized carbons (Fsp3) is 0.261. The van der Waals surface area contributed by atoms with Crippen molar-refractivity contribution < 1.29 is 27.2 Å². The van der Waals surface area contributed by atoms with Gasteiger partial charge in [0.1, 0.15) is 11.8 Å². The number of carbonyl (C=O) groups excluding carboxylic acids is 1. The number of likely N-dealkylation sites (tertiary alicyclic amines) is 1. The zero-order chi connectivity index (χ0) is 24.6. The predicted molar refractivity (Wildman–Crippen MR) is 116 cm³/mol. The number of ether oxygens (including phenoxy) is 1. The average Bonchev–Trinajstić information content (AvgIpc) is 3.59. The molecule has 1 aliphatic heterocycles. The number of nitrogens with zero attached hydrogens (tertiary/aromatic N) is 6. The number of hydrogen-bond donors (Lipinski definition) is 0. The van der Waals surface area contributed by atoms with Crippen LogP contribution in [0.15, 0.2) is 59.4 Å². The number of halogens is 3. The number of aryl methyl sites for hydroxylation is 1. The number of para-hydroxylation sites is 1. The molecule has 0 spiro atoms. The molecule has 1 aliphatic rings. The van der Waals surface area contributed by atoms with Crippen LogP contribution >= 0.6 is 0 Å². The van der Waals surface area contributed by atoms with Gasteiger partial charge in [-0.25, -0.2) is 0 Å². The lowest BCUT2D eigenvalue weighted by Gasteiger charge is -2.23. The van der Waals surface area contributed by atoms with Gasteiger partial charge in [0.15, 0.2) is 0 Å². The van der Waals surface area contributed by atoms with Crippen LogP contribution < -0.4 is 4.74 Å². The second-order valence-corrected chi connectivity index (χ2v) is 8.00. The third-order valence-corrected chi connectivity index (χ3v) is 5.61. The minimum atomic E-state index is -4.87. The van der Waals surface area contributed by atoms with E-state index < -0.39 is 18.2 Å². The Kier molecular flexibility index (Phi) is 5.71. The lowest BCUT2D eigenvalue weighted by Crippen LogP contribution is -2.31. The first-order valence-corrected chi connectivity index (χ1v) is 10.8. The lowest BCUT2D eigenvalue weighted by atomic mass is 10.1. The molecular weight excluding hydrogens is 465 g/mol. The van der Waals surface area contributed by atoms with Gasteiger partial charge in [-0.1, -0.05) is 23.4 Å². The summed E-state index contributed by atoms with van der Waals surface area (Å²) in [5.41, 5.74) is 1.91. The number of carbonyl (C=O) groups is 1. The minimum absolute atomic E-state index is 0.0290. The number of amides is 1. The van der Waals surface area contributed by atoms with Gasteiger partial charge in [0.05, 0.1) is 29.2 Å². The van der Waals surface area contributed by atoms with E-state index in [0.717, 1.165) is 5.56 Å². The summed E-state index contributed by atoms with van der Waals surface area (Å²) in [5, 5.41) is 12.2. The average molecular weight is 484 g/mol. The smallest absolute Gasteiger partial charge is 0.405 e. The van der Waals surface area contributed by atoms with Crippen molar-refractivity contribution >= 4 is 5.91 Å². The van der Waals surface area contributed by atoms with Crippen molar-refractivity contribution in [3.05, 3.63) is 71.9 Å². The molecule has 12 heteroatoms. The molecule has 5 rings (SSSR count). The molecule has 0 bridgehead atoms. The van der Waals surface area contributed by atoms with Gasteiger partial charge in [0, 0.05) is 6.54 Å². The summed E-state index contributed by atoms with van der Waals surface area (Å²) in [5.74, 6) is -0.627. The molecule has 0 N–H and O–H groups in total. The zero-order valence-corrected chi connectivity index (χ0v) is 18.4. The molecule has 180 valence electrons. The molecule has 0 radical (unpaired) electrons. The Labute approximate surface area is 197 Å². The monoisotopic (exact) mass is 484 g/mol. The van der Waals surface area contributed by atoms with Crippen LogP contribution in [-0.4, -0.2) is 48.8 Å². The molecule has 1 amide bonds. The van der Waals surface area contributed by atoms with Gasteiger partial charge in [0.2, 0.25) is 11.7 Å². The Morgan fingerprint density at radius 2 is 1.91 bits per heavy atom. The molecule has 3 heterocycles. The summed E-state index contributed by atoms with van der Waals surface area (Å²) >= 11 is 0. The van der Waals surface area contributed by atoms with Crippen molar-refractivity contribution in [2.24, 2.45) is 0 Å². The van der Waals surface area contributed by atoms with E-state index in [1.807, 2.05) is 19.1 Å². The normalized spacial score (nSPS) is 16.0. The largest absolute Gasteiger partial charge is 0.573 e. The highest BCUT2D eigenvalue weighted by molar-refractivity contribution is 5.98. The molecular formula is C23H19F3N6O3. The van der Waals surface area contributed by atoms with E-state index >= 15 is 0 Å². The number of alkyl halides is 3. The van der Waals surface area contributed by atoms with E-state index in [-0.39, 0.29) is 23.2 Å². The molecule has 1 saturated heterocycles. The van der Waals surface area contributed by atoms with Crippen LogP contribution in [0.3, 0.4) is 0 Å². The number of aromatic nitrogens is 5. The van der Waals surface area contributed by atoms with E-state index in [1.54, 1.807) is 17.0 Å². The van der Waals surface area contributed by atoms with Crippen LogP contribution in [0.5, 0.6) is 5.75 Å². The molecule has 35 heavy (non-hydrogen) atoms. The van der Waals surface area contributed by atoms with E-state index in [2.05, 4.69) is 25.1 Å². The summed E-state index contributed by atoms with van der Waals surface area (Å²) in [7, 11) is 0. The second kappa shape index (κ2) is 8.85. The summed E-state index contributed by atoms with van der Waals surface area (Å²) < 4.78 is 47.9. The number of rotatable bonds is 5. The van der Waals surface area contributed by atoms with Crippen molar-refractivity contribution in [2.75, 3.05) is 6.54 Å². The first-order chi connectivity index (χ1) is 16.8. The van der Waals surface area contributed by atoms with E-state index in [9.17, 15) is 18.0 Å². The Morgan fingerprint density at radius 1 is 1.14 bits per heavy atom. The third-order valence-electron chi connectivity index (χ3n) is 5.61. The lowest BCUT2D eigenvalue weighted by molar-refractivity contribution is -0.274. The van der Waals surface area contributed by atoms with Gasteiger partial charge >= 0.3 is 6.36 Å². The third kappa shape index (κ3) is 4.59. The van der Waals surface area contributed by atoms with Crippen LogP contribution in [0.4, 0.5) is 13.2 Å². The van der Waals surface area contributed by atoms with Crippen molar-refractivity contribution in [3.63, 3.8) is 0 Å². The fourth-order valence-corrected chi connectivity index (χ4v) is 4.09. The van der Waals surface area contributed by atoms with Crippen LogP contribution in [0, 0.1) is 6.92 Å². The SMILES string of the molecule is Cc1ccc(C(=O)N2CCCC2c2nc(-c3ccccc3OC(F)(F)F)no2)c(-n2nccn2)c1. The maximum atomic E-state index is 13.6. The Hall–Kier alpha value is -4.22. The molecule has 1 unspecified atom stereocenters. The van der Waals surface area contributed by atoms with E-state index in [0.29, 0.717) is 30.6 Å². The highest BCUT2D eigenvalue weighted by Gasteiger charge is 2.37. The first kappa shape index (κ1) is 22.6. The standard InChI is InChI=1S/C23H19F3N6O3/c1-14-8-9-15(18(13-14)32-27-10-11-28-32)22(33)31-12-4-6-17(31)21-29-20(30-35-21)16-5-2-3-7-19(16)34-23(24,25)26/h2-3,5,7-11,13,17H,4,6,12H2,1H3. The zero-order valence-electron chi connectivity index (χ0n) is 18.4. The topological polar surface area (TPSA) is 99.2 Å². The highest BCUT2D eigenvalue weighted by atomic mass is 19.4. The van der Waals surface area contributed by atoms with Gasteiger partial charge in [-0.15, -0.1) is 13.2 Å². The Balaban J connectivity index is 1.45. The minimum Gasteiger partial charge on any atom is -0.405 e. The van der Waals surface area contributed by atoms with Crippen LogP contribution in [0.1, 0.15) is 40.7 Å². The Morgan fingerprint density at radius 3 is 2.69 bits per heavy atom. The maximum Gasteiger partial charge on any atom is 0.573 e. The van der Waals surface area contributed by atoms with Gasteiger partial charge < -0.3 is 14.2 Å². The maximum absolute atomic E-state index is 13.6. The molecule has 1 fully saturated rings. The summed E-state index contributed by atoms with van der Waals surface area (Å²) in [6.45, 7) is 2.36. The molecule has 0 saturated carbocycles. The quantitative estimate of drug-likeness (QED) is 0.411. The van der Waals surface area contributed by atoms with Crippen LogP contribution in [0.25, 0.3) is 17.1 Å². The fourth-order valence-electron chi connectivity index (χ4n) is 4.09. The molecule has 2 aromatic heterocycles. The second-order valence-electron chi connectivity index (χ2n) is 8.00. The molecule has 9 nitrogen and oxygen atoms in total. The van der Waals surface area contributed by atoms with Crippen molar-refractivity contribution in [3.8, 4) is 22.8 Å². The van der Waals surface area contributed by atoms with Crippen molar-refractivity contribution in [1.82, 2.24) is 30.0 Å². The summed E-state index contributed by atoms with van der Waals surface area (Å²) in [6, 6.07) is 10.4. The number of hydrogen-bond acceptors (Lipinski definition) is 7. The van der Waals surface area contributed by atoms with Gasteiger partial charge in [-0.05, 0) is 49.6 Å². The number of benzene rings is 2. The molecule has 0 aliphatic carbocycles. The Bertz CT molecular complexity index is 1350. The van der Waals surface area contributed by atoms with Gasteiger partial charge in [-0.3, -0.25) is 4.79 Å². The predicted octanol–water partition coefficient (Wildman–Crippen LogP) is 4.50. The summed E-state index contributed by atoms with van der Waals surface area (Å²) in [6.07, 6.45) is -0.560. The molecule has 2 aromatic carbocycles. The highest BCUT2D eigenvalue weighted by Crippen LogP contribution is 2.36. The first-order valence-electron chi connectivity index (χ1n) is 10.8.